The Kier molecular flexibility index (Phi) is 7.25. The largest absolute Gasteiger partial charge is 0.310 e. The van der Waals surface area contributed by atoms with Crippen LogP contribution in [-0.2, 0) is 5.41 Å². The van der Waals surface area contributed by atoms with E-state index < -0.39 is 16.1 Å². The van der Waals surface area contributed by atoms with E-state index in [1.807, 2.05) is 11.8 Å². The molecule has 11 rings (SSSR count). The number of anilines is 3. The molecule has 0 fully saturated rings. The molecule has 1 spiro atoms. The number of hydrogen-bond donors (Lipinski definition) is 0. The van der Waals surface area contributed by atoms with Gasteiger partial charge in [-0.1, -0.05) is 189 Å². The molecule has 0 N–H and O–H groups in total. The molecule has 3 aliphatic rings. The molecule has 0 aromatic heterocycles. The van der Waals surface area contributed by atoms with Crippen molar-refractivity contribution in [3.63, 3.8) is 0 Å². The Hall–Kier alpha value is -5.66. The van der Waals surface area contributed by atoms with Crippen molar-refractivity contribution in [3.8, 4) is 0 Å². The smallest absolute Gasteiger partial charge is 0.181 e. The summed E-state index contributed by atoms with van der Waals surface area (Å²) in [5.41, 5.74) is 6.31. The van der Waals surface area contributed by atoms with Gasteiger partial charge in [0.2, 0.25) is 0 Å². The molecule has 8 aromatic rings. The first kappa shape index (κ1) is 32.7. The van der Waals surface area contributed by atoms with Gasteiger partial charge in [-0.25, -0.2) is 0 Å². The molecule has 262 valence electrons. The fourth-order valence-corrected chi connectivity index (χ4v) is 24.7. The average Bonchev–Trinajstić information content (AvgIpc) is 3.25. The Bertz CT molecular complexity index is 2660. The topological polar surface area (TPSA) is 3.24 Å². The van der Waals surface area contributed by atoms with Crippen LogP contribution in [0.4, 0.5) is 17.1 Å². The zero-order valence-corrected chi connectivity index (χ0v) is 33.7. The Morgan fingerprint density at radius 2 is 0.800 bits per heavy atom. The van der Waals surface area contributed by atoms with Crippen molar-refractivity contribution in [2.45, 2.75) is 29.1 Å². The van der Waals surface area contributed by atoms with E-state index in [9.17, 15) is 0 Å². The number of benzene rings is 8. The molecule has 4 heteroatoms. The van der Waals surface area contributed by atoms with Crippen molar-refractivity contribution in [3.05, 3.63) is 211 Å². The first-order chi connectivity index (χ1) is 27.1. The molecule has 0 radical (unpaired) electrons. The summed E-state index contributed by atoms with van der Waals surface area (Å²) in [5.74, 6) is 0. The van der Waals surface area contributed by atoms with Gasteiger partial charge in [0.25, 0.3) is 0 Å². The van der Waals surface area contributed by atoms with Crippen LogP contribution in [0.5, 0.6) is 0 Å². The average molecular weight is 754 g/mol. The molecule has 0 saturated heterocycles. The van der Waals surface area contributed by atoms with Gasteiger partial charge in [-0.15, -0.1) is 0 Å². The Morgan fingerprint density at radius 1 is 0.382 bits per heavy atom. The molecule has 8 aromatic carbocycles. The van der Waals surface area contributed by atoms with E-state index in [0.717, 1.165) is 0 Å². The second kappa shape index (κ2) is 12.2. The lowest BCUT2D eigenvalue weighted by Crippen LogP contribution is -2.93. The highest BCUT2D eigenvalue weighted by atomic mass is 32.2. The van der Waals surface area contributed by atoms with Crippen LogP contribution in [0.1, 0.15) is 25.0 Å². The zero-order valence-electron chi connectivity index (χ0n) is 30.9. The predicted molar refractivity (Wildman–Crippen MR) is 238 cm³/mol. The number of nitrogens with zero attached hydrogens (tertiary/aromatic N) is 1. The lowest BCUT2D eigenvalue weighted by Gasteiger charge is -2.51. The predicted octanol–water partition coefficient (Wildman–Crippen LogP) is 7.33. The van der Waals surface area contributed by atoms with Gasteiger partial charge in [-0.05, 0) is 89.0 Å². The van der Waals surface area contributed by atoms with E-state index in [-0.39, 0.29) is 5.41 Å². The second-order valence-corrected chi connectivity index (χ2v) is 24.1. The van der Waals surface area contributed by atoms with Crippen molar-refractivity contribution in [2.75, 3.05) is 4.90 Å². The summed E-state index contributed by atoms with van der Waals surface area (Å²) in [6.07, 6.45) is 0. The summed E-state index contributed by atoms with van der Waals surface area (Å²) in [6, 6.07) is 77.0. The summed E-state index contributed by atoms with van der Waals surface area (Å²) in [6.45, 7) is 4.75. The third-order valence-electron chi connectivity index (χ3n) is 12.7. The van der Waals surface area contributed by atoms with Crippen LogP contribution >= 0.6 is 11.8 Å². The molecular formula is C51H39NSSi2. The molecule has 0 bridgehead atoms. The lowest BCUT2D eigenvalue weighted by atomic mass is 9.73. The van der Waals surface area contributed by atoms with Crippen LogP contribution in [0.2, 0.25) is 0 Å². The van der Waals surface area contributed by atoms with Crippen LogP contribution in [0, 0.1) is 0 Å². The first-order valence-corrected chi connectivity index (χ1v) is 24.1. The summed E-state index contributed by atoms with van der Waals surface area (Å²) >= 11 is 1.94. The number of rotatable bonds is 3. The monoisotopic (exact) mass is 753 g/mol. The maximum Gasteiger partial charge on any atom is 0.181 e. The molecular weight excluding hydrogens is 715 g/mol. The standard InChI is InChI=1S/C51H39NSSi2/c1-51(2)39-23-9-11-25-41(39)52(42-26-12-10-24-40(42)51)36-33-34-49-50(35-36)55(45-29-15-13-27-43(45)53-44-28-14-16-30-46(44)55)48-32-18-17-31-47(48)54(49,37-19-5-3-6-20-37)38-21-7-4-8-22-38/h3-35H,1-2H3. The Labute approximate surface area is 330 Å². The van der Waals surface area contributed by atoms with Crippen LogP contribution in [0.3, 0.4) is 0 Å². The number of hydrogen-bond acceptors (Lipinski definition) is 2. The van der Waals surface area contributed by atoms with Gasteiger partial charge in [0.1, 0.15) is 0 Å². The van der Waals surface area contributed by atoms with Crippen molar-refractivity contribution in [1.82, 2.24) is 0 Å². The third kappa shape index (κ3) is 4.36. The van der Waals surface area contributed by atoms with Crippen LogP contribution in [-0.4, -0.2) is 16.1 Å². The maximum atomic E-state index is 2.65. The molecule has 0 saturated carbocycles. The summed E-state index contributed by atoms with van der Waals surface area (Å²) in [4.78, 5) is 5.31. The summed E-state index contributed by atoms with van der Waals surface area (Å²) in [7, 11) is -5.78. The highest BCUT2D eigenvalue weighted by molar-refractivity contribution is 8.00. The van der Waals surface area contributed by atoms with Gasteiger partial charge in [0.15, 0.2) is 16.1 Å². The van der Waals surface area contributed by atoms with E-state index >= 15 is 0 Å². The summed E-state index contributed by atoms with van der Waals surface area (Å²) in [5, 5.41) is 11.9. The van der Waals surface area contributed by atoms with Gasteiger partial charge in [-0.3, -0.25) is 0 Å². The molecule has 0 aliphatic carbocycles. The van der Waals surface area contributed by atoms with Crippen molar-refractivity contribution in [2.24, 2.45) is 0 Å². The van der Waals surface area contributed by atoms with Crippen LogP contribution < -0.4 is 46.4 Å². The molecule has 3 aliphatic heterocycles. The van der Waals surface area contributed by atoms with Crippen LogP contribution in [0.15, 0.2) is 210 Å². The van der Waals surface area contributed by atoms with Crippen molar-refractivity contribution >= 4 is 86.5 Å². The molecule has 0 amide bonds. The quantitative estimate of drug-likeness (QED) is 0.174. The number of para-hydroxylation sites is 2. The van der Waals surface area contributed by atoms with E-state index in [1.54, 1.807) is 0 Å². The zero-order chi connectivity index (χ0) is 36.8. The SMILES string of the molecule is CC1(C)c2ccccc2N(c2ccc3c(c2)[Si]2(c4ccccc4Sc4ccccc42)c2ccccc2[Si]3(c2ccccc2)c2ccccc2)c2ccccc21. The van der Waals surface area contributed by atoms with Gasteiger partial charge < -0.3 is 4.90 Å². The van der Waals surface area contributed by atoms with Crippen molar-refractivity contribution < 1.29 is 0 Å². The van der Waals surface area contributed by atoms with Gasteiger partial charge in [0.05, 0.1) is 11.4 Å². The Morgan fingerprint density at radius 3 is 1.35 bits per heavy atom. The lowest BCUT2D eigenvalue weighted by molar-refractivity contribution is 0.632. The highest BCUT2D eigenvalue weighted by Crippen LogP contribution is 2.51. The van der Waals surface area contributed by atoms with Gasteiger partial charge in [-0.2, -0.15) is 0 Å². The minimum absolute atomic E-state index is 0.131. The van der Waals surface area contributed by atoms with Crippen LogP contribution in [0.25, 0.3) is 0 Å². The van der Waals surface area contributed by atoms with Gasteiger partial charge >= 0.3 is 0 Å². The number of fused-ring (bicyclic) bond motifs is 10. The first-order valence-electron chi connectivity index (χ1n) is 19.3. The highest BCUT2D eigenvalue weighted by Gasteiger charge is 2.58. The van der Waals surface area contributed by atoms with E-state index in [4.69, 9.17) is 0 Å². The molecule has 0 atom stereocenters. The molecule has 1 nitrogen and oxygen atoms in total. The van der Waals surface area contributed by atoms with Gasteiger partial charge in [0, 0.05) is 20.9 Å². The molecule has 3 heterocycles. The normalized spacial score (nSPS) is 16.1. The fraction of sp³-hybridized carbons (Fsp3) is 0.0588. The van der Waals surface area contributed by atoms with E-state index in [2.05, 4.69) is 219 Å². The van der Waals surface area contributed by atoms with E-state index in [0.29, 0.717) is 0 Å². The third-order valence-corrected chi connectivity index (χ3v) is 24.5. The minimum atomic E-state index is -2.93. The fourth-order valence-electron chi connectivity index (χ4n) is 10.4. The minimum Gasteiger partial charge on any atom is -0.310 e. The van der Waals surface area contributed by atoms with E-state index in [1.165, 1.54) is 79.5 Å². The molecule has 55 heavy (non-hydrogen) atoms. The second-order valence-electron chi connectivity index (χ2n) is 15.6. The summed E-state index contributed by atoms with van der Waals surface area (Å²) < 4.78 is 0. The Balaban J connectivity index is 1.33. The molecule has 0 unspecified atom stereocenters. The van der Waals surface area contributed by atoms with Crippen molar-refractivity contribution in [1.29, 1.82) is 0 Å². The maximum absolute atomic E-state index is 2.93.